The van der Waals surface area contributed by atoms with Crippen LogP contribution in [0.5, 0.6) is 5.75 Å². The monoisotopic (exact) mass is 494 g/mol. The zero-order valence-electron chi connectivity index (χ0n) is 21.5. The summed E-state index contributed by atoms with van der Waals surface area (Å²) in [5, 5.41) is 0.790. The first-order valence-corrected chi connectivity index (χ1v) is 13.5. The van der Waals surface area contributed by atoms with E-state index in [2.05, 4.69) is 49.1 Å². The van der Waals surface area contributed by atoms with Gasteiger partial charge in [-0.3, -0.25) is 9.89 Å². The van der Waals surface area contributed by atoms with E-state index in [-0.39, 0.29) is 0 Å². The van der Waals surface area contributed by atoms with Crippen LogP contribution in [0.2, 0.25) is 5.02 Å². The minimum atomic E-state index is 0.519. The van der Waals surface area contributed by atoms with Gasteiger partial charge >= 0.3 is 0 Å². The first-order chi connectivity index (χ1) is 17.1. The molecule has 4 nitrogen and oxygen atoms in total. The van der Waals surface area contributed by atoms with Gasteiger partial charge in [-0.1, -0.05) is 54.8 Å². The van der Waals surface area contributed by atoms with Crippen LogP contribution in [0.15, 0.2) is 58.7 Å². The van der Waals surface area contributed by atoms with E-state index in [0.717, 1.165) is 80.3 Å². The molecule has 1 atom stereocenters. The summed E-state index contributed by atoms with van der Waals surface area (Å²) in [6.07, 6.45) is 7.31. The molecule has 5 heteroatoms. The molecule has 1 aliphatic heterocycles. The molecule has 0 N–H and O–H groups in total. The van der Waals surface area contributed by atoms with Crippen molar-refractivity contribution < 1.29 is 9.47 Å². The molecule has 0 saturated heterocycles. The van der Waals surface area contributed by atoms with Gasteiger partial charge in [0.2, 0.25) is 0 Å². The third-order valence-corrected chi connectivity index (χ3v) is 7.54. The second-order valence-electron chi connectivity index (χ2n) is 9.76. The fourth-order valence-electron chi connectivity index (χ4n) is 5.18. The Kier molecular flexibility index (Phi) is 9.42. The summed E-state index contributed by atoms with van der Waals surface area (Å²) in [5.41, 5.74) is 7.72. The minimum absolute atomic E-state index is 0.519. The molecule has 2 aromatic carbocycles. The van der Waals surface area contributed by atoms with Crippen molar-refractivity contribution in [2.75, 3.05) is 26.9 Å². The summed E-state index contributed by atoms with van der Waals surface area (Å²) in [7, 11) is 1.73. The van der Waals surface area contributed by atoms with Crippen molar-refractivity contribution in [3.8, 4) is 5.75 Å². The molecule has 188 valence electrons. The van der Waals surface area contributed by atoms with Crippen LogP contribution < -0.4 is 4.74 Å². The molecule has 0 spiro atoms. The maximum Gasteiger partial charge on any atom is 0.119 e. The Hall–Kier alpha value is -2.14. The van der Waals surface area contributed by atoms with Crippen LogP contribution in [-0.2, 0) is 17.7 Å². The number of hydrogen-bond donors (Lipinski definition) is 0. The van der Waals surface area contributed by atoms with Crippen LogP contribution in [0.4, 0.5) is 0 Å². The van der Waals surface area contributed by atoms with Crippen molar-refractivity contribution in [3.05, 3.63) is 75.4 Å². The molecule has 2 aromatic rings. The number of hydrogen-bond acceptors (Lipinski definition) is 4. The molecule has 0 aromatic heterocycles. The summed E-state index contributed by atoms with van der Waals surface area (Å²) >= 11 is 6.55. The van der Waals surface area contributed by atoms with Crippen LogP contribution in [0.3, 0.4) is 0 Å². The SMILES string of the molecule is CCCC(=NC1=C(C)CCC(N2CCc3ccc(OCCCOC)cc3C2)C1)c1ccccc1Cl. The second-order valence-corrected chi connectivity index (χ2v) is 10.2. The molecule has 0 fully saturated rings. The molecule has 0 amide bonds. The van der Waals surface area contributed by atoms with Crippen LogP contribution in [-0.4, -0.2) is 43.5 Å². The van der Waals surface area contributed by atoms with Gasteiger partial charge in [0.15, 0.2) is 0 Å². The number of benzene rings is 2. The predicted octanol–water partition coefficient (Wildman–Crippen LogP) is 7.23. The molecule has 2 aliphatic rings. The van der Waals surface area contributed by atoms with Gasteiger partial charge in [0.05, 0.1) is 6.61 Å². The topological polar surface area (TPSA) is 34.1 Å². The molecular formula is C30H39ClN2O2. The van der Waals surface area contributed by atoms with Crippen LogP contribution >= 0.6 is 11.6 Å². The molecule has 0 saturated carbocycles. The predicted molar refractivity (Wildman–Crippen MR) is 146 cm³/mol. The number of nitrogens with zero attached hydrogens (tertiary/aromatic N) is 2. The van der Waals surface area contributed by atoms with E-state index < -0.39 is 0 Å². The van der Waals surface area contributed by atoms with Crippen molar-refractivity contribution in [1.29, 1.82) is 0 Å². The molecule has 1 heterocycles. The summed E-state index contributed by atoms with van der Waals surface area (Å²) in [6, 6.07) is 15.2. The Balaban J connectivity index is 1.47. The van der Waals surface area contributed by atoms with Crippen molar-refractivity contribution in [1.82, 2.24) is 4.90 Å². The fraction of sp³-hybridized carbons (Fsp3) is 0.500. The highest BCUT2D eigenvalue weighted by Gasteiger charge is 2.28. The van der Waals surface area contributed by atoms with Gasteiger partial charge in [-0.15, -0.1) is 0 Å². The van der Waals surface area contributed by atoms with E-state index in [9.17, 15) is 0 Å². The van der Waals surface area contributed by atoms with Crippen LogP contribution in [0.25, 0.3) is 0 Å². The lowest BCUT2D eigenvalue weighted by Crippen LogP contribution is -2.40. The van der Waals surface area contributed by atoms with Gasteiger partial charge < -0.3 is 9.47 Å². The van der Waals surface area contributed by atoms with Crippen molar-refractivity contribution in [3.63, 3.8) is 0 Å². The Bertz CT molecular complexity index is 1060. The molecule has 0 radical (unpaired) electrons. The number of fused-ring (bicyclic) bond motifs is 1. The maximum atomic E-state index is 6.55. The molecule has 0 bridgehead atoms. The van der Waals surface area contributed by atoms with Crippen molar-refractivity contribution in [2.24, 2.45) is 4.99 Å². The molecule has 1 unspecified atom stereocenters. The van der Waals surface area contributed by atoms with E-state index in [0.29, 0.717) is 12.6 Å². The minimum Gasteiger partial charge on any atom is -0.493 e. The average molecular weight is 495 g/mol. The second kappa shape index (κ2) is 12.7. The van der Waals surface area contributed by atoms with Gasteiger partial charge in [0.25, 0.3) is 0 Å². The number of aliphatic imine (C=N–C) groups is 1. The summed E-state index contributed by atoms with van der Waals surface area (Å²) < 4.78 is 11.1. The number of methoxy groups -OCH3 is 1. The van der Waals surface area contributed by atoms with Crippen molar-refractivity contribution >= 4 is 17.3 Å². The number of ether oxygens (including phenoxy) is 2. The Morgan fingerprint density at radius 2 is 1.97 bits per heavy atom. The maximum absolute atomic E-state index is 6.55. The third-order valence-electron chi connectivity index (χ3n) is 7.21. The van der Waals surface area contributed by atoms with E-state index in [1.54, 1.807) is 7.11 Å². The van der Waals surface area contributed by atoms with Gasteiger partial charge in [-0.2, -0.15) is 0 Å². The number of allylic oxidation sites excluding steroid dienone is 1. The zero-order chi connectivity index (χ0) is 24.6. The largest absolute Gasteiger partial charge is 0.493 e. The number of rotatable bonds is 10. The van der Waals surface area contributed by atoms with Gasteiger partial charge in [-0.05, 0) is 61.9 Å². The highest BCUT2D eigenvalue weighted by molar-refractivity contribution is 6.34. The summed E-state index contributed by atoms with van der Waals surface area (Å²) in [4.78, 5) is 7.91. The third kappa shape index (κ3) is 6.75. The quantitative estimate of drug-likeness (QED) is 0.258. The van der Waals surface area contributed by atoms with E-state index >= 15 is 0 Å². The normalized spacial score (nSPS) is 19.1. The molecule has 1 aliphatic carbocycles. The van der Waals surface area contributed by atoms with Crippen LogP contribution in [0, 0.1) is 0 Å². The van der Waals surface area contributed by atoms with Gasteiger partial charge in [-0.25, -0.2) is 0 Å². The van der Waals surface area contributed by atoms with E-state index in [1.807, 2.05) is 12.1 Å². The van der Waals surface area contributed by atoms with Gasteiger partial charge in [0.1, 0.15) is 5.75 Å². The smallest absolute Gasteiger partial charge is 0.119 e. The van der Waals surface area contributed by atoms with Crippen LogP contribution in [0.1, 0.15) is 69.1 Å². The highest BCUT2D eigenvalue weighted by atomic mass is 35.5. The lowest BCUT2D eigenvalue weighted by molar-refractivity contribution is 0.161. The Morgan fingerprint density at radius 3 is 2.77 bits per heavy atom. The Labute approximate surface area is 216 Å². The van der Waals surface area contributed by atoms with E-state index in [4.69, 9.17) is 26.1 Å². The first-order valence-electron chi connectivity index (χ1n) is 13.1. The summed E-state index contributed by atoms with van der Waals surface area (Å²) in [5.74, 6) is 0.968. The average Bonchev–Trinajstić information content (AvgIpc) is 2.87. The Morgan fingerprint density at radius 1 is 1.11 bits per heavy atom. The molecular weight excluding hydrogens is 456 g/mol. The lowest BCUT2D eigenvalue weighted by atomic mass is 9.89. The van der Waals surface area contributed by atoms with Gasteiger partial charge in [0, 0.05) is 67.7 Å². The fourth-order valence-corrected chi connectivity index (χ4v) is 5.42. The zero-order valence-corrected chi connectivity index (χ0v) is 22.2. The molecule has 35 heavy (non-hydrogen) atoms. The standard InChI is InChI=1S/C30H39ClN2O2/c1-4-8-29(27-9-5-6-10-28(27)31)32-30-20-25(13-11-22(30)2)33-16-15-23-12-14-26(19-24(23)21-33)35-18-7-17-34-3/h5-6,9-10,12,14,19,25H,4,7-8,11,13,15-18,20-21H2,1-3H3. The summed E-state index contributed by atoms with van der Waals surface area (Å²) in [6.45, 7) is 7.97. The lowest BCUT2D eigenvalue weighted by Gasteiger charge is -2.38. The highest BCUT2D eigenvalue weighted by Crippen LogP contribution is 2.33. The van der Waals surface area contributed by atoms with Crippen molar-refractivity contribution in [2.45, 2.75) is 71.4 Å². The first kappa shape index (κ1) is 25.9. The van der Waals surface area contributed by atoms with E-state index in [1.165, 1.54) is 28.8 Å². The number of halogens is 1. The molecule has 4 rings (SSSR count).